The van der Waals surface area contributed by atoms with E-state index in [1.807, 2.05) is 42.5 Å². The summed E-state index contributed by atoms with van der Waals surface area (Å²) in [7, 11) is 0. The van der Waals surface area contributed by atoms with Crippen LogP contribution < -0.4 is 22.1 Å². The number of fused-ring (bicyclic) bond motifs is 1. The zero-order valence-electron chi connectivity index (χ0n) is 21.6. The largest absolute Gasteiger partial charge is 0.368 e. The van der Waals surface area contributed by atoms with Gasteiger partial charge in [0.1, 0.15) is 12.1 Å². The van der Waals surface area contributed by atoms with Crippen LogP contribution in [0.4, 0.5) is 0 Å². The van der Waals surface area contributed by atoms with E-state index < -0.39 is 23.9 Å². The highest BCUT2D eigenvalue weighted by Gasteiger charge is 2.34. The lowest BCUT2D eigenvalue weighted by Gasteiger charge is -2.34. The number of nitrogens with zero attached hydrogens (tertiary/aromatic N) is 1. The maximum Gasteiger partial charge on any atom is 0.246 e. The molecule has 0 saturated carbocycles. The van der Waals surface area contributed by atoms with Crippen LogP contribution in [0.1, 0.15) is 57.4 Å². The normalized spacial score (nSPS) is 22.3. The van der Waals surface area contributed by atoms with Crippen LogP contribution in [-0.2, 0) is 25.7 Å². The minimum atomic E-state index is -0.848. The molecule has 2 aromatic carbocycles. The fraction of sp³-hybridized carbons (Fsp3) is 0.500. The molecule has 4 amide bonds. The summed E-state index contributed by atoms with van der Waals surface area (Å²) in [6.45, 7) is 2.78. The Bertz CT molecular complexity index is 1100. The number of primary amides is 1. The molecule has 1 aliphatic heterocycles. The van der Waals surface area contributed by atoms with Crippen molar-refractivity contribution in [3.8, 4) is 0 Å². The number of nitrogens with two attached hydrogens (primary N) is 2. The Morgan fingerprint density at radius 1 is 1.05 bits per heavy atom. The lowest BCUT2D eigenvalue weighted by molar-refractivity contribution is -0.144. The van der Waals surface area contributed by atoms with Gasteiger partial charge in [-0.3, -0.25) is 19.2 Å². The molecule has 0 aliphatic carbocycles. The van der Waals surface area contributed by atoms with Gasteiger partial charge >= 0.3 is 0 Å². The molecule has 37 heavy (non-hydrogen) atoms. The highest BCUT2D eigenvalue weighted by molar-refractivity contribution is 5.93. The fourth-order valence-corrected chi connectivity index (χ4v) is 4.75. The molecule has 3 unspecified atom stereocenters. The molecule has 1 aliphatic rings. The smallest absolute Gasteiger partial charge is 0.246 e. The summed E-state index contributed by atoms with van der Waals surface area (Å²) in [5, 5.41) is 7.79. The van der Waals surface area contributed by atoms with Gasteiger partial charge in [0.05, 0.1) is 0 Å². The van der Waals surface area contributed by atoms with Crippen molar-refractivity contribution in [1.82, 2.24) is 15.5 Å². The topological polar surface area (TPSA) is 148 Å². The van der Waals surface area contributed by atoms with Crippen molar-refractivity contribution in [2.24, 2.45) is 17.4 Å². The Kier molecular flexibility index (Phi) is 10.4. The Labute approximate surface area is 218 Å². The number of amides is 4. The molecule has 3 rings (SSSR count). The lowest BCUT2D eigenvalue weighted by atomic mass is 10.00. The van der Waals surface area contributed by atoms with E-state index in [1.165, 1.54) is 4.90 Å². The van der Waals surface area contributed by atoms with Gasteiger partial charge < -0.3 is 27.0 Å². The quantitative estimate of drug-likeness (QED) is 0.421. The first-order valence-corrected chi connectivity index (χ1v) is 13.1. The van der Waals surface area contributed by atoms with E-state index in [9.17, 15) is 19.2 Å². The second-order valence-electron chi connectivity index (χ2n) is 9.86. The highest BCUT2D eigenvalue weighted by atomic mass is 16.2. The van der Waals surface area contributed by atoms with Gasteiger partial charge in [-0.15, -0.1) is 0 Å². The van der Waals surface area contributed by atoms with E-state index >= 15 is 0 Å². The molecule has 0 aromatic heterocycles. The molecule has 2 aromatic rings. The van der Waals surface area contributed by atoms with Crippen molar-refractivity contribution in [1.29, 1.82) is 0 Å². The van der Waals surface area contributed by atoms with E-state index in [2.05, 4.69) is 10.6 Å². The molecule has 200 valence electrons. The average molecular weight is 510 g/mol. The molecule has 3 atom stereocenters. The summed E-state index contributed by atoms with van der Waals surface area (Å²) in [6.07, 6.45) is 3.28. The van der Waals surface area contributed by atoms with E-state index in [1.54, 1.807) is 6.92 Å². The van der Waals surface area contributed by atoms with Crippen LogP contribution in [-0.4, -0.2) is 53.7 Å². The van der Waals surface area contributed by atoms with Crippen molar-refractivity contribution in [3.63, 3.8) is 0 Å². The number of carbonyl (C=O) groups is 4. The average Bonchev–Trinajstić information content (AvgIpc) is 2.87. The zero-order chi connectivity index (χ0) is 26.8. The van der Waals surface area contributed by atoms with Crippen LogP contribution >= 0.6 is 0 Å². The molecule has 6 N–H and O–H groups in total. The predicted octanol–water partition coefficient (Wildman–Crippen LogP) is 1.96. The summed E-state index contributed by atoms with van der Waals surface area (Å²) in [6, 6.07) is 12.2. The lowest BCUT2D eigenvalue weighted by Crippen LogP contribution is -2.55. The standard InChI is InChI=1S/C28H39N5O4/c1-19-16-25(34)32-23(10-4-6-14-29)28(37)33(24(26(30)35)11-5-7-15-31-27(19)36)18-20-12-13-21-8-2-3-9-22(21)17-20/h2-3,8-9,12-13,17,19,23-24H,4-7,10-11,14-16,18,29H2,1H3,(H2,30,35)(H,31,36)(H,32,34). The van der Waals surface area contributed by atoms with Gasteiger partial charge in [0, 0.05) is 25.4 Å². The first-order valence-electron chi connectivity index (χ1n) is 13.1. The van der Waals surface area contributed by atoms with Gasteiger partial charge in [-0.25, -0.2) is 0 Å². The Balaban J connectivity index is 1.95. The third-order valence-electron chi connectivity index (χ3n) is 6.88. The van der Waals surface area contributed by atoms with Gasteiger partial charge in [0.2, 0.25) is 23.6 Å². The van der Waals surface area contributed by atoms with Crippen LogP contribution in [0.15, 0.2) is 42.5 Å². The van der Waals surface area contributed by atoms with Gasteiger partial charge in [-0.1, -0.05) is 43.3 Å². The number of rotatable bonds is 7. The first kappa shape index (κ1) is 28.1. The molecule has 9 nitrogen and oxygen atoms in total. The van der Waals surface area contributed by atoms with Crippen LogP contribution in [0.3, 0.4) is 0 Å². The van der Waals surface area contributed by atoms with Crippen molar-refractivity contribution >= 4 is 34.4 Å². The number of carbonyl (C=O) groups excluding carboxylic acids is 4. The Morgan fingerprint density at radius 3 is 2.54 bits per heavy atom. The van der Waals surface area contributed by atoms with Crippen molar-refractivity contribution in [2.45, 2.75) is 70.5 Å². The van der Waals surface area contributed by atoms with Gasteiger partial charge in [0.15, 0.2) is 0 Å². The molecule has 9 heteroatoms. The number of benzene rings is 2. The number of hydrogen-bond donors (Lipinski definition) is 4. The molecule has 0 radical (unpaired) electrons. The van der Waals surface area contributed by atoms with Crippen LogP contribution in [0, 0.1) is 5.92 Å². The van der Waals surface area contributed by atoms with E-state index in [4.69, 9.17) is 11.5 Å². The van der Waals surface area contributed by atoms with Crippen molar-refractivity contribution < 1.29 is 19.2 Å². The zero-order valence-corrected chi connectivity index (χ0v) is 21.6. The third-order valence-corrected chi connectivity index (χ3v) is 6.88. The molecule has 0 spiro atoms. The van der Waals surface area contributed by atoms with E-state index in [-0.39, 0.29) is 30.7 Å². The third kappa shape index (κ3) is 8.01. The highest BCUT2D eigenvalue weighted by Crippen LogP contribution is 2.21. The number of hydrogen-bond acceptors (Lipinski definition) is 5. The molecule has 1 heterocycles. The number of nitrogens with one attached hydrogen (secondary N) is 2. The Hall–Kier alpha value is -3.46. The SMILES string of the molecule is CC1CC(=O)NC(CCCCN)C(=O)N(Cc2ccc3ccccc3c2)C(C(N)=O)CCCCNC1=O. The van der Waals surface area contributed by atoms with Crippen LogP contribution in [0.2, 0.25) is 0 Å². The second kappa shape index (κ2) is 13.7. The van der Waals surface area contributed by atoms with E-state index in [0.29, 0.717) is 51.6 Å². The van der Waals surface area contributed by atoms with Crippen molar-refractivity contribution in [2.75, 3.05) is 13.1 Å². The molecule has 1 fully saturated rings. The molecular formula is C28H39N5O4. The monoisotopic (exact) mass is 509 g/mol. The predicted molar refractivity (Wildman–Crippen MR) is 143 cm³/mol. The van der Waals surface area contributed by atoms with E-state index in [0.717, 1.165) is 16.3 Å². The summed E-state index contributed by atoms with van der Waals surface area (Å²) in [5.74, 6) is -2.05. The molecule has 0 bridgehead atoms. The summed E-state index contributed by atoms with van der Waals surface area (Å²) < 4.78 is 0. The van der Waals surface area contributed by atoms with Gasteiger partial charge in [-0.2, -0.15) is 0 Å². The summed E-state index contributed by atoms with van der Waals surface area (Å²) in [5.41, 5.74) is 12.4. The van der Waals surface area contributed by atoms with Crippen molar-refractivity contribution in [3.05, 3.63) is 48.0 Å². The molecule has 1 saturated heterocycles. The minimum Gasteiger partial charge on any atom is -0.368 e. The second-order valence-corrected chi connectivity index (χ2v) is 9.86. The van der Waals surface area contributed by atoms with Crippen LogP contribution in [0.5, 0.6) is 0 Å². The van der Waals surface area contributed by atoms with Gasteiger partial charge in [0.25, 0.3) is 0 Å². The first-order chi connectivity index (χ1) is 17.8. The summed E-state index contributed by atoms with van der Waals surface area (Å²) in [4.78, 5) is 53.3. The maximum atomic E-state index is 14.0. The number of unbranched alkanes of at least 4 members (excludes halogenated alkanes) is 1. The fourth-order valence-electron chi connectivity index (χ4n) is 4.75. The molecular weight excluding hydrogens is 470 g/mol. The maximum absolute atomic E-state index is 14.0. The van der Waals surface area contributed by atoms with Gasteiger partial charge in [-0.05, 0) is 67.5 Å². The van der Waals surface area contributed by atoms with Crippen LogP contribution in [0.25, 0.3) is 10.8 Å². The Morgan fingerprint density at radius 2 is 1.81 bits per heavy atom. The summed E-state index contributed by atoms with van der Waals surface area (Å²) >= 11 is 0. The minimum absolute atomic E-state index is 0.0313.